The number of alkyl halides is 3. The molecule has 284 valence electrons. The van der Waals surface area contributed by atoms with Crippen LogP contribution in [0.5, 0.6) is 5.75 Å². The highest BCUT2D eigenvalue weighted by atomic mass is 32.1. The maximum atomic E-state index is 12.7. The molecule has 0 aliphatic heterocycles. The number of nitrogens with one attached hydrogen (secondary N) is 2. The predicted molar refractivity (Wildman–Crippen MR) is 197 cm³/mol. The lowest BCUT2D eigenvalue weighted by Crippen LogP contribution is -2.36. The Hall–Kier alpha value is -3.09. The molecular formula is C39H55F4N3O4S. The van der Waals surface area contributed by atoms with Gasteiger partial charge in [0.25, 0.3) is 0 Å². The molecule has 6 atom stereocenters. The Morgan fingerprint density at radius 2 is 1.76 bits per heavy atom. The van der Waals surface area contributed by atoms with Gasteiger partial charge >= 0.3 is 6.18 Å². The van der Waals surface area contributed by atoms with Gasteiger partial charge in [0.15, 0.2) is 6.29 Å². The average molecular weight is 738 g/mol. The van der Waals surface area contributed by atoms with Crippen molar-refractivity contribution in [1.82, 2.24) is 10.3 Å². The minimum Gasteiger partial charge on any atom is -0.496 e. The largest absolute Gasteiger partial charge is 0.496 e. The number of hydrogen-bond donors (Lipinski definition) is 2. The summed E-state index contributed by atoms with van der Waals surface area (Å²) in [7, 11) is 3.67. The summed E-state index contributed by atoms with van der Waals surface area (Å²) in [4.78, 5) is 25.1. The third kappa shape index (κ3) is 12.2. The molecule has 1 amide bonds. The summed E-state index contributed by atoms with van der Waals surface area (Å²) >= 11 is 1.51. The summed E-state index contributed by atoms with van der Waals surface area (Å²) in [6.45, 7) is 9.90. The number of rotatable bonds is 11. The minimum absolute atomic E-state index is 0.103. The Bertz CT molecular complexity index is 1520. The monoisotopic (exact) mass is 737 g/mol. The lowest BCUT2D eigenvalue weighted by molar-refractivity contribution is -0.140. The number of nitrogens with zero attached hydrogens (tertiary/aromatic N) is 1. The van der Waals surface area contributed by atoms with Crippen molar-refractivity contribution in [2.45, 2.75) is 110 Å². The lowest BCUT2D eigenvalue weighted by atomic mass is 9.86. The van der Waals surface area contributed by atoms with Crippen molar-refractivity contribution >= 4 is 39.9 Å². The first-order valence-corrected chi connectivity index (χ1v) is 18.9. The van der Waals surface area contributed by atoms with Gasteiger partial charge in [0.05, 0.1) is 39.6 Å². The molecule has 3 saturated carbocycles. The van der Waals surface area contributed by atoms with E-state index in [9.17, 15) is 27.2 Å². The number of aromatic nitrogens is 1. The second-order valence-electron chi connectivity index (χ2n) is 13.7. The standard InChI is InChI=1S/C12H24O.C10H9NO2S.C9H17N.C8H5F4NO/c1-3-4-5-6-10-13-12-9-7-8-11(12)2;1-6-11-8-3-4-9(13-2)7(5-12)10(8)14-6;1-6-7-3-4-8(5-7)9(6)10-2;9-7-2-1-5(13-4-14)3-6(7)8(10,11)12/h11-12H,3-10H2,1-2H3;3-5H,1-2H3;6-10H,3-5H2,1-2H3;1-4H,(H,13,14). The lowest BCUT2D eigenvalue weighted by Gasteiger charge is -2.27. The number of aryl methyl sites for hydroxylation is 1. The quantitative estimate of drug-likeness (QED) is 0.116. The van der Waals surface area contributed by atoms with E-state index in [1.165, 1.54) is 75.5 Å². The summed E-state index contributed by atoms with van der Waals surface area (Å²) in [5.74, 6) is 3.08. The molecule has 0 radical (unpaired) electrons. The van der Waals surface area contributed by atoms with E-state index in [0.29, 0.717) is 29.5 Å². The van der Waals surface area contributed by atoms with Crippen LogP contribution in [0.4, 0.5) is 23.2 Å². The molecule has 6 rings (SSSR count). The minimum atomic E-state index is -4.76. The molecule has 2 N–H and O–H groups in total. The van der Waals surface area contributed by atoms with Gasteiger partial charge in [-0.05, 0) is 106 Å². The second-order valence-corrected chi connectivity index (χ2v) is 14.9. The highest BCUT2D eigenvalue weighted by Crippen LogP contribution is 2.48. The normalized spacial score (nSPS) is 23.3. The number of aldehydes is 1. The third-order valence-electron chi connectivity index (χ3n) is 10.3. The molecule has 6 unspecified atom stereocenters. The van der Waals surface area contributed by atoms with Crippen molar-refractivity contribution in [3.63, 3.8) is 0 Å². The van der Waals surface area contributed by atoms with E-state index >= 15 is 0 Å². The van der Waals surface area contributed by atoms with Crippen LogP contribution in [0, 0.1) is 36.4 Å². The summed E-state index contributed by atoms with van der Waals surface area (Å²) in [6, 6.07) is 6.70. The van der Waals surface area contributed by atoms with Gasteiger partial charge in [0.2, 0.25) is 6.41 Å². The van der Waals surface area contributed by atoms with Crippen molar-refractivity contribution in [2.24, 2.45) is 23.7 Å². The Labute approximate surface area is 304 Å². The number of amides is 1. The van der Waals surface area contributed by atoms with Crippen LogP contribution in [0.15, 0.2) is 30.3 Å². The number of halogens is 4. The molecule has 0 spiro atoms. The van der Waals surface area contributed by atoms with Gasteiger partial charge in [-0.2, -0.15) is 13.2 Å². The molecule has 2 aromatic carbocycles. The van der Waals surface area contributed by atoms with Crippen molar-refractivity contribution in [3.8, 4) is 5.75 Å². The number of carbonyl (C=O) groups is 2. The Balaban J connectivity index is 0.000000185. The Kier molecular flexibility index (Phi) is 17.3. The van der Waals surface area contributed by atoms with Gasteiger partial charge in [0.1, 0.15) is 11.6 Å². The number of methoxy groups -OCH3 is 1. The van der Waals surface area contributed by atoms with Crippen LogP contribution >= 0.6 is 11.3 Å². The first-order valence-electron chi connectivity index (χ1n) is 18.1. The Morgan fingerprint density at radius 1 is 1.02 bits per heavy atom. The van der Waals surface area contributed by atoms with Crippen molar-refractivity contribution in [1.29, 1.82) is 0 Å². The molecule has 1 aromatic heterocycles. The zero-order valence-electron chi connectivity index (χ0n) is 30.8. The van der Waals surface area contributed by atoms with Gasteiger partial charge in [-0.1, -0.05) is 46.5 Å². The summed E-state index contributed by atoms with van der Waals surface area (Å²) in [5.41, 5.74) is -0.0518. The summed E-state index contributed by atoms with van der Waals surface area (Å²) in [5, 5.41) is 6.40. The molecule has 3 aliphatic rings. The zero-order valence-corrected chi connectivity index (χ0v) is 31.6. The van der Waals surface area contributed by atoms with E-state index in [-0.39, 0.29) is 12.1 Å². The van der Waals surface area contributed by atoms with Crippen LogP contribution in [0.3, 0.4) is 0 Å². The van der Waals surface area contributed by atoms with E-state index < -0.39 is 17.6 Å². The van der Waals surface area contributed by atoms with Crippen molar-refractivity contribution in [3.05, 3.63) is 52.3 Å². The fraction of sp³-hybridized carbons (Fsp3) is 0.615. The van der Waals surface area contributed by atoms with Gasteiger partial charge < -0.3 is 20.1 Å². The number of thiazole rings is 1. The van der Waals surface area contributed by atoms with Gasteiger partial charge in [-0.25, -0.2) is 9.37 Å². The van der Waals surface area contributed by atoms with Gasteiger partial charge in [-0.15, -0.1) is 11.3 Å². The number of ether oxygens (including phenoxy) is 2. The zero-order chi connectivity index (χ0) is 37.6. The van der Waals surface area contributed by atoms with Crippen molar-refractivity contribution in [2.75, 3.05) is 26.1 Å². The first kappa shape index (κ1) is 42.3. The van der Waals surface area contributed by atoms with E-state index in [2.05, 4.69) is 38.1 Å². The predicted octanol–water partition coefficient (Wildman–Crippen LogP) is 10.3. The van der Waals surface area contributed by atoms with Crippen LogP contribution < -0.4 is 15.4 Å². The Morgan fingerprint density at radius 3 is 2.31 bits per heavy atom. The number of unbranched alkanes of at least 4 members (excludes halogenated alkanes) is 3. The van der Waals surface area contributed by atoms with Crippen molar-refractivity contribution < 1.29 is 36.6 Å². The van der Waals surface area contributed by atoms with E-state index in [1.54, 1.807) is 13.2 Å². The first-order chi connectivity index (χ1) is 24.4. The molecule has 3 fully saturated rings. The van der Waals surface area contributed by atoms with Crippen LogP contribution in [0.1, 0.15) is 106 Å². The van der Waals surface area contributed by atoms with Crippen LogP contribution in [0.2, 0.25) is 0 Å². The molecule has 0 saturated heterocycles. The SMILES string of the molecule is CCCCCCOC1CCCC1C.CNC1C2CCC(C2)C1C.COc1ccc2nc(C)sc2c1C=O.O=CNc1ccc(F)c(C(F)(F)F)c1. The fourth-order valence-electron chi connectivity index (χ4n) is 7.50. The van der Waals surface area contributed by atoms with Gasteiger partial charge in [0, 0.05) is 18.3 Å². The fourth-order valence-corrected chi connectivity index (χ4v) is 8.41. The third-order valence-corrected chi connectivity index (χ3v) is 11.3. The topological polar surface area (TPSA) is 89.5 Å². The van der Waals surface area contributed by atoms with E-state index in [0.717, 1.165) is 63.9 Å². The molecule has 3 aromatic rings. The van der Waals surface area contributed by atoms with Crippen LogP contribution in [0.25, 0.3) is 10.2 Å². The van der Waals surface area contributed by atoms with E-state index in [4.69, 9.17) is 9.47 Å². The maximum Gasteiger partial charge on any atom is 0.419 e. The van der Waals surface area contributed by atoms with Gasteiger partial charge in [-0.3, -0.25) is 9.59 Å². The molecule has 51 heavy (non-hydrogen) atoms. The molecule has 2 bridgehead atoms. The summed E-state index contributed by atoms with van der Waals surface area (Å²) < 4.78 is 60.9. The number of carbonyl (C=O) groups excluding carboxylic acids is 2. The maximum absolute atomic E-state index is 12.7. The number of anilines is 1. The smallest absolute Gasteiger partial charge is 0.419 e. The number of fused-ring (bicyclic) bond motifs is 3. The molecule has 1 heterocycles. The average Bonchev–Trinajstić information content (AvgIpc) is 3.90. The summed E-state index contributed by atoms with van der Waals surface area (Å²) in [6.07, 6.45) is 10.7. The molecule has 7 nitrogen and oxygen atoms in total. The highest BCUT2D eigenvalue weighted by molar-refractivity contribution is 7.18. The molecule has 12 heteroatoms. The molecule has 3 aliphatic carbocycles. The number of hydrogen-bond acceptors (Lipinski definition) is 7. The molecular weight excluding hydrogens is 683 g/mol. The second kappa shape index (κ2) is 20.8. The number of benzene rings is 2. The highest BCUT2D eigenvalue weighted by Gasteiger charge is 2.44. The van der Waals surface area contributed by atoms with Crippen LogP contribution in [-0.2, 0) is 15.7 Å². The van der Waals surface area contributed by atoms with E-state index in [1.807, 2.05) is 18.3 Å². The van der Waals surface area contributed by atoms with Crippen LogP contribution in [-0.4, -0.2) is 50.6 Å².